The highest BCUT2D eigenvalue weighted by atomic mass is 16.1. The predicted octanol–water partition coefficient (Wildman–Crippen LogP) is 5.08. The highest BCUT2D eigenvalue weighted by molar-refractivity contribution is 5.98. The second-order valence-electron chi connectivity index (χ2n) is 8.38. The van der Waals surface area contributed by atoms with Crippen LogP contribution in [0.15, 0.2) is 66.9 Å². The molecule has 5 nitrogen and oxygen atoms in total. The number of carbonyl (C=O) groups is 1. The number of hydrogen-bond acceptors (Lipinski definition) is 3. The van der Waals surface area contributed by atoms with E-state index in [9.17, 15) is 4.79 Å². The highest BCUT2D eigenvalue weighted by Crippen LogP contribution is 2.35. The third-order valence-corrected chi connectivity index (χ3v) is 5.41. The van der Waals surface area contributed by atoms with Gasteiger partial charge in [-0.1, -0.05) is 32.0 Å². The van der Waals surface area contributed by atoms with Crippen LogP contribution in [-0.2, 0) is 6.42 Å². The van der Waals surface area contributed by atoms with Gasteiger partial charge >= 0.3 is 0 Å². The Morgan fingerprint density at radius 3 is 2.55 bits per heavy atom. The lowest BCUT2D eigenvalue weighted by Gasteiger charge is -2.29. The quantitative estimate of drug-likeness (QED) is 0.537. The molecule has 0 unspecified atom stereocenters. The van der Waals surface area contributed by atoms with Crippen molar-refractivity contribution in [2.45, 2.75) is 26.7 Å². The lowest BCUT2D eigenvalue weighted by molar-refractivity contribution is 0.0910. The largest absolute Gasteiger partial charge is 0.360 e. The molecule has 29 heavy (non-hydrogen) atoms. The fourth-order valence-corrected chi connectivity index (χ4v) is 4.03. The Balaban J connectivity index is 1.67. The standard InChI is InChI=1S/C24H22N4O/c1-24(2)14-21-17(23(29)15-24)10-11-19(26-21)22-13-20(18-9-6-12-25-18)27-28(22)16-7-4-3-5-8-16/h3-13,25H,14-15H2,1-2H3. The van der Waals surface area contributed by atoms with Crippen LogP contribution in [0, 0.1) is 5.41 Å². The monoisotopic (exact) mass is 382 g/mol. The van der Waals surface area contributed by atoms with Crippen LogP contribution in [0.25, 0.3) is 28.5 Å². The summed E-state index contributed by atoms with van der Waals surface area (Å²) in [5, 5.41) is 4.83. The number of para-hydroxylation sites is 1. The van der Waals surface area contributed by atoms with Gasteiger partial charge in [0.15, 0.2) is 5.78 Å². The number of ketones is 1. The molecule has 1 aliphatic carbocycles. The van der Waals surface area contributed by atoms with Gasteiger partial charge in [0.05, 0.1) is 28.5 Å². The van der Waals surface area contributed by atoms with Gasteiger partial charge in [-0.15, -0.1) is 0 Å². The molecule has 3 heterocycles. The first-order valence-electron chi connectivity index (χ1n) is 9.83. The number of benzene rings is 1. The van der Waals surface area contributed by atoms with Gasteiger partial charge < -0.3 is 4.98 Å². The Morgan fingerprint density at radius 1 is 0.966 bits per heavy atom. The third-order valence-electron chi connectivity index (χ3n) is 5.41. The minimum atomic E-state index is -0.0647. The summed E-state index contributed by atoms with van der Waals surface area (Å²) in [4.78, 5) is 20.7. The smallest absolute Gasteiger partial charge is 0.165 e. The summed E-state index contributed by atoms with van der Waals surface area (Å²) < 4.78 is 1.92. The molecule has 0 amide bonds. The van der Waals surface area contributed by atoms with Crippen LogP contribution >= 0.6 is 0 Å². The molecule has 1 N–H and O–H groups in total. The topological polar surface area (TPSA) is 63.6 Å². The van der Waals surface area contributed by atoms with Gasteiger partial charge in [0.25, 0.3) is 0 Å². The van der Waals surface area contributed by atoms with Crippen molar-refractivity contribution >= 4 is 5.78 Å². The maximum absolute atomic E-state index is 12.5. The minimum absolute atomic E-state index is 0.0647. The number of aromatic nitrogens is 4. The summed E-state index contributed by atoms with van der Waals surface area (Å²) in [5.41, 5.74) is 6.07. The second-order valence-corrected chi connectivity index (χ2v) is 8.38. The van der Waals surface area contributed by atoms with E-state index in [-0.39, 0.29) is 11.2 Å². The SMILES string of the molecule is CC1(C)CC(=O)c2ccc(-c3cc(-c4ccc[nH]4)nn3-c3ccccc3)nc2C1. The molecule has 0 saturated heterocycles. The molecule has 0 saturated carbocycles. The van der Waals surface area contributed by atoms with Crippen molar-refractivity contribution in [3.8, 4) is 28.5 Å². The van der Waals surface area contributed by atoms with Gasteiger partial charge in [0.1, 0.15) is 5.69 Å². The number of pyridine rings is 1. The number of H-pyrrole nitrogens is 1. The molecule has 1 aliphatic rings. The van der Waals surface area contributed by atoms with Gasteiger partial charge in [0, 0.05) is 18.2 Å². The van der Waals surface area contributed by atoms with Crippen LogP contribution in [0.3, 0.4) is 0 Å². The lowest BCUT2D eigenvalue weighted by atomic mass is 9.75. The second kappa shape index (κ2) is 6.55. The Kier molecular flexibility index (Phi) is 3.98. The molecule has 0 aliphatic heterocycles. The van der Waals surface area contributed by atoms with E-state index in [1.54, 1.807) is 0 Å². The lowest BCUT2D eigenvalue weighted by Crippen LogP contribution is -2.28. The van der Waals surface area contributed by atoms with Gasteiger partial charge in [-0.05, 0) is 54.3 Å². The number of aromatic amines is 1. The average Bonchev–Trinajstić information content (AvgIpc) is 3.37. The third kappa shape index (κ3) is 3.18. The molecule has 144 valence electrons. The highest BCUT2D eigenvalue weighted by Gasteiger charge is 2.32. The molecular weight excluding hydrogens is 360 g/mol. The number of hydrogen-bond donors (Lipinski definition) is 1. The molecule has 0 bridgehead atoms. The number of Topliss-reactive ketones (excluding diaryl/α,β-unsaturated/α-hetero) is 1. The summed E-state index contributed by atoms with van der Waals surface area (Å²) in [6, 6.07) is 19.9. The van der Waals surface area contributed by atoms with Gasteiger partial charge in [-0.25, -0.2) is 4.68 Å². The Bertz CT molecular complexity index is 1190. The summed E-state index contributed by atoms with van der Waals surface area (Å²) in [6.07, 6.45) is 3.26. The number of rotatable bonds is 3. The van der Waals surface area contributed by atoms with Gasteiger partial charge in [-0.2, -0.15) is 5.10 Å². The van der Waals surface area contributed by atoms with Gasteiger partial charge in [-0.3, -0.25) is 9.78 Å². The first kappa shape index (κ1) is 17.6. The van der Waals surface area contributed by atoms with E-state index in [1.807, 2.05) is 71.5 Å². The van der Waals surface area contributed by atoms with E-state index in [0.29, 0.717) is 6.42 Å². The number of fused-ring (bicyclic) bond motifs is 1. The Labute approximate surface area is 169 Å². The predicted molar refractivity (Wildman–Crippen MR) is 113 cm³/mol. The number of nitrogens with zero attached hydrogens (tertiary/aromatic N) is 3. The molecule has 3 aromatic heterocycles. The average molecular weight is 382 g/mol. The van der Waals surface area contributed by atoms with E-state index in [4.69, 9.17) is 10.1 Å². The molecule has 1 aromatic carbocycles. The number of carbonyl (C=O) groups excluding carboxylic acids is 1. The van der Waals surface area contributed by atoms with E-state index < -0.39 is 0 Å². The molecule has 0 atom stereocenters. The molecular formula is C24H22N4O. The number of nitrogens with one attached hydrogen (secondary N) is 1. The van der Waals surface area contributed by atoms with Crippen LogP contribution in [0.4, 0.5) is 0 Å². The van der Waals surface area contributed by atoms with Crippen molar-refractivity contribution in [3.05, 3.63) is 78.1 Å². The Hall–Kier alpha value is -3.47. The van der Waals surface area contributed by atoms with Crippen molar-refractivity contribution in [1.82, 2.24) is 19.7 Å². The van der Waals surface area contributed by atoms with Crippen molar-refractivity contribution in [1.29, 1.82) is 0 Å². The summed E-state index contributed by atoms with van der Waals surface area (Å²) in [7, 11) is 0. The first-order chi connectivity index (χ1) is 14.0. The normalized spacial score (nSPS) is 15.3. The Morgan fingerprint density at radius 2 is 1.79 bits per heavy atom. The van der Waals surface area contributed by atoms with Crippen molar-refractivity contribution in [2.75, 3.05) is 0 Å². The summed E-state index contributed by atoms with van der Waals surface area (Å²) >= 11 is 0. The maximum Gasteiger partial charge on any atom is 0.165 e. The van der Waals surface area contributed by atoms with E-state index in [1.165, 1.54) is 0 Å². The van der Waals surface area contributed by atoms with Crippen molar-refractivity contribution in [2.24, 2.45) is 5.41 Å². The summed E-state index contributed by atoms with van der Waals surface area (Å²) in [6.45, 7) is 4.25. The first-order valence-corrected chi connectivity index (χ1v) is 9.83. The van der Waals surface area contributed by atoms with Crippen LogP contribution in [0.2, 0.25) is 0 Å². The van der Waals surface area contributed by atoms with Crippen LogP contribution in [0.1, 0.15) is 36.3 Å². The zero-order valence-corrected chi connectivity index (χ0v) is 16.5. The zero-order valence-electron chi connectivity index (χ0n) is 16.5. The van der Waals surface area contributed by atoms with Crippen LogP contribution in [-0.4, -0.2) is 25.5 Å². The summed E-state index contributed by atoms with van der Waals surface area (Å²) in [5.74, 6) is 0.180. The minimum Gasteiger partial charge on any atom is -0.360 e. The maximum atomic E-state index is 12.5. The zero-order chi connectivity index (χ0) is 20.0. The molecule has 5 heteroatoms. The van der Waals surface area contributed by atoms with E-state index in [2.05, 4.69) is 18.8 Å². The fraction of sp³-hybridized carbons (Fsp3) is 0.208. The molecule has 5 rings (SSSR count). The van der Waals surface area contributed by atoms with Crippen molar-refractivity contribution < 1.29 is 4.79 Å². The molecule has 4 aromatic rings. The van der Waals surface area contributed by atoms with Crippen LogP contribution < -0.4 is 0 Å². The fourth-order valence-electron chi connectivity index (χ4n) is 4.03. The molecule has 0 spiro atoms. The van der Waals surface area contributed by atoms with E-state index >= 15 is 0 Å². The van der Waals surface area contributed by atoms with E-state index in [0.717, 1.165) is 46.1 Å². The van der Waals surface area contributed by atoms with Crippen molar-refractivity contribution in [3.63, 3.8) is 0 Å². The van der Waals surface area contributed by atoms with Gasteiger partial charge in [0.2, 0.25) is 0 Å². The molecule has 0 radical (unpaired) electrons. The van der Waals surface area contributed by atoms with Crippen LogP contribution in [0.5, 0.6) is 0 Å². The molecule has 0 fully saturated rings.